The lowest BCUT2D eigenvalue weighted by Gasteiger charge is -2.47. The Balaban J connectivity index is 1.39. The molecule has 1 fully saturated rings. The van der Waals surface area contributed by atoms with E-state index in [4.69, 9.17) is 16.6 Å². The molecule has 0 unspecified atom stereocenters. The molecular formula is C19H21ClN6O2S. The summed E-state index contributed by atoms with van der Waals surface area (Å²) >= 11 is 5.87. The Labute approximate surface area is 176 Å². The maximum Gasteiger partial charge on any atom is 0.227 e. The number of aromatic nitrogens is 4. The molecule has 4 heterocycles. The molecule has 0 spiro atoms. The molecular weight excluding hydrogens is 412 g/mol. The number of hydrogen-bond donors (Lipinski definition) is 1. The first-order valence-electron chi connectivity index (χ1n) is 9.65. The van der Waals surface area contributed by atoms with E-state index in [1.807, 2.05) is 4.90 Å². The maximum atomic E-state index is 12.6. The molecule has 29 heavy (non-hydrogen) atoms. The van der Waals surface area contributed by atoms with E-state index < -0.39 is 10.8 Å². The number of aliphatic hydroxyl groups excluding tert-OH is 1. The summed E-state index contributed by atoms with van der Waals surface area (Å²) in [4.78, 5) is 22.6. The lowest BCUT2D eigenvalue weighted by molar-refractivity contribution is 0.119. The topological polar surface area (TPSA) is 95.3 Å². The molecule has 2 aliphatic heterocycles. The molecule has 0 saturated heterocycles. The zero-order chi connectivity index (χ0) is 20.0. The van der Waals surface area contributed by atoms with Crippen LogP contribution in [0.3, 0.4) is 0 Å². The van der Waals surface area contributed by atoms with Gasteiger partial charge >= 0.3 is 0 Å². The minimum absolute atomic E-state index is 0.0554. The highest BCUT2D eigenvalue weighted by molar-refractivity contribution is 7.85. The molecule has 2 aromatic rings. The summed E-state index contributed by atoms with van der Waals surface area (Å²) in [6.45, 7) is 1.44. The Bertz CT molecular complexity index is 989. The summed E-state index contributed by atoms with van der Waals surface area (Å²) in [7, 11) is -1.16. The third kappa shape index (κ3) is 3.21. The fraction of sp³-hybridized carbons (Fsp3) is 0.474. The molecule has 0 bridgehead atoms. The first-order chi connectivity index (χ1) is 14.1. The fourth-order valence-electron chi connectivity index (χ4n) is 4.10. The Morgan fingerprint density at radius 2 is 2.00 bits per heavy atom. The number of aliphatic hydroxyl groups is 1. The summed E-state index contributed by atoms with van der Waals surface area (Å²) in [5.41, 5.74) is 0.753. The van der Waals surface area contributed by atoms with Crippen molar-refractivity contribution in [3.05, 3.63) is 35.5 Å². The largest absolute Gasteiger partial charge is 0.394 e. The lowest BCUT2D eigenvalue weighted by atomic mass is 9.76. The number of hydrogen-bond acceptors (Lipinski definition) is 8. The summed E-state index contributed by atoms with van der Waals surface area (Å²) in [5.74, 6) is 2.40. The number of anilines is 2. The molecule has 0 radical (unpaired) electrons. The average Bonchev–Trinajstić information content (AvgIpc) is 3.05. The van der Waals surface area contributed by atoms with Gasteiger partial charge in [-0.15, -0.1) is 0 Å². The summed E-state index contributed by atoms with van der Waals surface area (Å²) in [6, 6.07) is 0. The van der Waals surface area contributed by atoms with Crippen LogP contribution in [0.15, 0.2) is 29.6 Å². The van der Waals surface area contributed by atoms with Crippen LogP contribution < -0.4 is 9.80 Å². The van der Waals surface area contributed by atoms with Gasteiger partial charge in [-0.3, -0.25) is 4.21 Å². The van der Waals surface area contributed by atoms with Gasteiger partial charge in [0.2, 0.25) is 5.95 Å². The molecule has 1 atom stereocenters. The van der Waals surface area contributed by atoms with E-state index in [1.165, 1.54) is 0 Å². The highest BCUT2D eigenvalue weighted by Crippen LogP contribution is 2.44. The Morgan fingerprint density at radius 1 is 1.21 bits per heavy atom. The van der Waals surface area contributed by atoms with Crippen molar-refractivity contribution in [2.75, 3.05) is 35.4 Å². The van der Waals surface area contributed by atoms with E-state index in [0.717, 1.165) is 37.8 Å². The van der Waals surface area contributed by atoms with Crippen molar-refractivity contribution >= 4 is 39.7 Å². The predicted molar refractivity (Wildman–Crippen MR) is 111 cm³/mol. The van der Waals surface area contributed by atoms with Crippen molar-refractivity contribution in [2.24, 2.45) is 0 Å². The first-order valence-corrected chi connectivity index (χ1v) is 11.4. The normalized spacial score (nSPS) is 22.8. The third-order valence-electron chi connectivity index (χ3n) is 6.02. The molecule has 1 saturated carbocycles. The van der Waals surface area contributed by atoms with Crippen LogP contribution in [0.2, 0.25) is 5.02 Å². The standard InChI is InChI=1S/C19H21ClN6O2S/c20-14-8-21-16(22-9-14)13-2-6-25(7-3-13)18-23-10-15-17(24-18)26(12-29(15)28)19(11-27)4-1-5-19/h2,8-10,27H,1,3-7,11-12H2/t29-/m0/s1. The van der Waals surface area contributed by atoms with Crippen LogP contribution in [-0.4, -0.2) is 60.4 Å². The van der Waals surface area contributed by atoms with Crippen molar-refractivity contribution in [2.45, 2.75) is 36.1 Å². The Hall–Kier alpha value is -2.10. The molecule has 3 aliphatic rings. The first kappa shape index (κ1) is 18.9. The molecule has 8 nitrogen and oxygen atoms in total. The van der Waals surface area contributed by atoms with Gasteiger partial charge < -0.3 is 14.9 Å². The third-order valence-corrected chi connectivity index (χ3v) is 7.49. The highest BCUT2D eigenvalue weighted by Gasteiger charge is 2.47. The fourth-order valence-corrected chi connectivity index (χ4v) is 5.50. The van der Waals surface area contributed by atoms with Gasteiger partial charge in [-0.25, -0.2) is 15.0 Å². The SMILES string of the molecule is O=[S@]1CN(C2(CO)CCC2)c2nc(N3CC=C(c4ncc(Cl)cn4)CC3)ncc21. The monoisotopic (exact) mass is 432 g/mol. The quantitative estimate of drug-likeness (QED) is 0.783. The molecule has 2 aromatic heterocycles. The van der Waals surface area contributed by atoms with Crippen molar-refractivity contribution in [1.29, 1.82) is 0 Å². The van der Waals surface area contributed by atoms with Crippen LogP contribution in [-0.2, 0) is 10.8 Å². The van der Waals surface area contributed by atoms with Gasteiger partial charge in [-0.1, -0.05) is 17.7 Å². The van der Waals surface area contributed by atoms with Crippen LogP contribution in [0.5, 0.6) is 0 Å². The number of nitrogens with zero attached hydrogens (tertiary/aromatic N) is 6. The van der Waals surface area contributed by atoms with Gasteiger partial charge in [-0.05, 0) is 31.3 Å². The van der Waals surface area contributed by atoms with Crippen molar-refractivity contribution < 1.29 is 9.32 Å². The van der Waals surface area contributed by atoms with Crippen molar-refractivity contribution in [3.63, 3.8) is 0 Å². The molecule has 0 amide bonds. The summed E-state index contributed by atoms with van der Waals surface area (Å²) < 4.78 is 12.6. The van der Waals surface area contributed by atoms with E-state index in [-0.39, 0.29) is 12.1 Å². The molecule has 10 heteroatoms. The predicted octanol–water partition coefficient (Wildman–Crippen LogP) is 2.01. The zero-order valence-electron chi connectivity index (χ0n) is 15.8. The number of halogens is 1. The minimum atomic E-state index is -1.16. The van der Waals surface area contributed by atoms with Gasteiger partial charge in [0.05, 0.1) is 34.2 Å². The second-order valence-corrected chi connectivity index (χ2v) is 9.47. The maximum absolute atomic E-state index is 12.6. The van der Waals surface area contributed by atoms with Gasteiger partial charge in [0, 0.05) is 25.5 Å². The van der Waals surface area contributed by atoms with Crippen LogP contribution in [0.1, 0.15) is 31.5 Å². The molecule has 5 rings (SSSR count). The Kier molecular flexibility index (Phi) is 4.76. The average molecular weight is 433 g/mol. The van der Waals surface area contributed by atoms with E-state index in [2.05, 4.69) is 25.9 Å². The van der Waals surface area contributed by atoms with Crippen LogP contribution in [0, 0.1) is 0 Å². The van der Waals surface area contributed by atoms with Gasteiger partial charge in [0.25, 0.3) is 0 Å². The second kappa shape index (κ2) is 7.30. The van der Waals surface area contributed by atoms with E-state index in [9.17, 15) is 9.32 Å². The van der Waals surface area contributed by atoms with Gasteiger partial charge in [0.1, 0.15) is 10.8 Å². The smallest absolute Gasteiger partial charge is 0.227 e. The van der Waals surface area contributed by atoms with Crippen LogP contribution >= 0.6 is 11.6 Å². The number of rotatable bonds is 4. The minimum Gasteiger partial charge on any atom is -0.394 e. The van der Waals surface area contributed by atoms with Crippen LogP contribution in [0.4, 0.5) is 11.8 Å². The molecule has 1 aliphatic carbocycles. The van der Waals surface area contributed by atoms with Gasteiger partial charge in [-0.2, -0.15) is 4.98 Å². The highest BCUT2D eigenvalue weighted by atomic mass is 35.5. The summed E-state index contributed by atoms with van der Waals surface area (Å²) in [6.07, 6.45) is 10.6. The zero-order valence-corrected chi connectivity index (χ0v) is 17.4. The summed E-state index contributed by atoms with van der Waals surface area (Å²) in [5, 5.41) is 10.5. The Morgan fingerprint density at radius 3 is 2.62 bits per heavy atom. The van der Waals surface area contributed by atoms with E-state index in [0.29, 0.717) is 39.9 Å². The molecule has 152 valence electrons. The molecule has 0 aromatic carbocycles. The van der Waals surface area contributed by atoms with Crippen molar-refractivity contribution in [3.8, 4) is 0 Å². The second-order valence-electron chi connectivity index (χ2n) is 7.65. The van der Waals surface area contributed by atoms with Crippen molar-refractivity contribution in [1.82, 2.24) is 19.9 Å². The lowest BCUT2D eigenvalue weighted by Crippen LogP contribution is -2.56. The molecule has 1 N–H and O–H groups in total. The number of fused-ring (bicyclic) bond motifs is 1. The van der Waals surface area contributed by atoms with E-state index in [1.54, 1.807) is 18.6 Å². The van der Waals surface area contributed by atoms with Crippen LogP contribution in [0.25, 0.3) is 5.57 Å². The van der Waals surface area contributed by atoms with Gasteiger partial charge in [0.15, 0.2) is 11.6 Å². The van der Waals surface area contributed by atoms with E-state index >= 15 is 0 Å².